The maximum absolute atomic E-state index is 11.3. The van der Waals surface area contributed by atoms with Crippen LogP contribution < -0.4 is 0 Å². The molecular weight excluding hydrogens is 196 g/mol. The van der Waals surface area contributed by atoms with Crippen LogP contribution in [0.2, 0.25) is 0 Å². The third kappa shape index (κ3) is 3.47. The van der Waals surface area contributed by atoms with Crippen molar-refractivity contribution in [2.24, 2.45) is 11.8 Å². The zero-order valence-electron chi connectivity index (χ0n) is 9.35. The Morgan fingerprint density at radius 3 is 2.60 bits per heavy atom. The number of rotatable bonds is 5. The number of hydrogen-bond donors (Lipinski definition) is 2. The number of carbonyl (C=O) groups excluding carboxylic acids is 1. The summed E-state index contributed by atoms with van der Waals surface area (Å²) in [7, 11) is 0. The highest BCUT2D eigenvalue weighted by atomic mass is 16.6. The van der Waals surface area contributed by atoms with Gasteiger partial charge >= 0.3 is 5.97 Å². The van der Waals surface area contributed by atoms with E-state index < -0.39 is 18.1 Å². The van der Waals surface area contributed by atoms with Gasteiger partial charge in [-0.15, -0.1) is 0 Å². The molecule has 3 atom stereocenters. The number of carbonyl (C=O) groups is 1. The molecule has 88 valence electrons. The highest BCUT2D eigenvalue weighted by Crippen LogP contribution is 2.26. The molecule has 1 rings (SSSR count). The fraction of sp³-hybridized carbons (Fsp3) is 0.909. The van der Waals surface area contributed by atoms with E-state index in [0.29, 0.717) is 18.8 Å². The predicted molar refractivity (Wildman–Crippen MR) is 55.2 cm³/mol. The van der Waals surface area contributed by atoms with E-state index in [1.54, 1.807) is 0 Å². The molecule has 2 N–H and O–H groups in total. The summed E-state index contributed by atoms with van der Waals surface area (Å²) in [6, 6.07) is 0. The standard InChI is InChI=1S/C11H20O4/c1-7(2)3-4-10(13)9-5-8(6-12)15-11(9)14/h7-10,12-13H,3-6H2,1-2H3/t8-,9-,10+/m0/s1. The van der Waals surface area contributed by atoms with E-state index in [1.165, 1.54) is 0 Å². The third-order valence-corrected chi connectivity index (χ3v) is 2.81. The Balaban J connectivity index is 2.39. The maximum atomic E-state index is 11.3. The summed E-state index contributed by atoms with van der Waals surface area (Å²) >= 11 is 0. The van der Waals surface area contributed by atoms with Crippen molar-refractivity contribution in [3.63, 3.8) is 0 Å². The first-order chi connectivity index (χ1) is 7.04. The summed E-state index contributed by atoms with van der Waals surface area (Å²) in [5.41, 5.74) is 0. The summed E-state index contributed by atoms with van der Waals surface area (Å²) in [6.07, 6.45) is 0.909. The quantitative estimate of drug-likeness (QED) is 0.664. The molecule has 0 unspecified atom stereocenters. The number of cyclic esters (lactones) is 1. The van der Waals surface area contributed by atoms with Gasteiger partial charge in [0.25, 0.3) is 0 Å². The van der Waals surface area contributed by atoms with Gasteiger partial charge in [0, 0.05) is 6.42 Å². The van der Waals surface area contributed by atoms with E-state index in [0.717, 1.165) is 6.42 Å². The van der Waals surface area contributed by atoms with Crippen LogP contribution in [0, 0.1) is 11.8 Å². The van der Waals surface area contributed by atoms with Crippen molar-refractivity contribution < 1.29 is 19.7 Å². The van der Waals surface area contributed by atoms with Gasteiger partial charge in [-0.25, -0.2) is 0 Å². The summed E-state index contributed by atoms with van der Waals surface area (Å²) in [4.78, 5) is 11.3. The number of aliphatic hydroxyl groups is 2. The Hall–Kier alpha value is -0.610. The van der Waals surface area contributed by atoms with E-state index in [1.807, 2.05) is 0 Å². The normalized spacial score (nSPS) is 28.2. The molecule has 1 heterocycles. The van der Waals surface area contributed by atoms with E-state index in [4.69, 9.17) is 9.84 Å². The molecule has 15 heavy (non-hydrogen) atoms. The van der Waals surface area contributed by atoms with Crippen molar-refractivity contribution in [1.29, 1.82) is 0 Å². The molecule has 0 radical (unpaired) electrons. The van der Waals surface area contributed by atoms with E-state index in [2.05, 4.69) is 13.8 Å². The SMILES string of the molecule is CC(C)CC[C@@H](O)[C@@H]1C[C@@H](CO)OC1=O. The molecule has 0 aromatic heterocycles. The lowest BCUT2D eigenvalue weighted by atomic mass is 9.93. The minimum Gasteiger partial charge on any atom is -0.460 e. The minimum absolute atomic E-state index is 0.154. The Morgan fingerprint density at radius 2 is 2.13 bits per heavy atom. The van der Waals surface area contributed by atoms with Crippen LogP contribution >= 0.6 is 0 Å². The van der Waals surface area contributed by atoms with Crippen LogP contribution in [-0.2, 0) is 9.53 Å². The zero-order chi connectivity index (χ0) is 11.4. The van der Waals surface area contributed by atoms with Crippen LogP contribution in [0.1, 0.15) is 33.1 Å². The van der Waals surface area contributed by atoms with Crippen LogP contribution in [0.4, 0.5) is 0 Å². The van der Waals surface area contributed by atoms with Gasteiger partial charge in [-0.05, 0) is 18.8 Å². The summed E-state index contributed by atoms with van der Waals surface area (Å²) < 4.78 is 4.90. The second kappa shape index (κ2) is 5.47. The van der Waals surface area contributed by atoms with Gasteiger partial charge in [0.1, 0.15) is 6.10 Å². The molecule has 1 aliphatic rings. The first-order valence-corrected chi connectivity index (χ1v) is 5.54. The Bertz CT molecular complexity index is 215. The molecule has 0 aliphatic carbocycles. The smallest absolute Gasteiger partial charge is 0.312 e. The van der Waals surface area contributed by atoms with Gasteiger partial charge < -0.3 is 14.9 Å². The minimum atomic E-state index is -0.628. The monoisotopic (exact) mass is 216 g/mol. The molecule has 4 heteroatoms. The summed E-state index contributed by atoms with van der Waals surface area (Å²) in [5, 5.41) is 18.6. The average Bonchev–Trinajstić information content (AvgIpc) is 2.56. The molecule has 0 aromatic rings. The van der Waals surface area contributed by atoms with Gasteiger partial charge in [0.15, 0.2) is 0 Å². The number of aliphatic hydroxyl groups excluding tert-OH is 2. The van der Waals surface area contributed by atoms with Gasteiger partial charge in [-0.2, -0.15) is 0 Å². The van der Waals surface area contributed by atoms with Crippen molar-refractivity contribution in [1.82, 2.24) is 0 Å². The van der Waals surface area contributed by atoms with E-state index >= 15 is 0 Å². The molecular formula is C11H20O4. The van der Waals surface area contributed by atoms with Crippen molar-refractivity contribution >= 4 is 5.97 Å². The molecule has 1 aliphatic heterocycles. The third-order valence-electron chi connectivity index (χ3n) is 2.81. The lowest BCUT2D eigenvalue weighted by Gasteiger charge is -2.15. The molecule has 0 spiro atoms. The lowest BCUT2D eigenvalue weighted by molar-refractivity contribution is -0.147. The maximum Gasteiger partial charge on any atom is 0.312 e. The van der Waals surface area contributed by atoms with Crippen molar-refractivity contribution in [3.8, 4) is 0 Å². The largest absolute Gasteiger partial charge is 0.460 e. The first-order valence-electron chi connectivity index (χ1n) is 5.54. The average molecular weight is 216 g/mol. The fourth-order valence-electron chi connectivity index (χ4n) is 1.81. The molecule has 0 bridgehead atoms. The van der Waals surface area contributed by atoms with Crippen molar-refractivity contribution in [2.75, 3.05) is 6.61 Å². The first kappa shape index (κ1) is 12.5. The highest BCUT2D eigenvalue weighted by molar-refractivity contribution is 5.75. The van der Waals surface area contributed by atoms with Crippen molar-refractivity contribution in [2.45, 2.75) is 45.3 Å². The van der Waals surface area contributed by atoms with Gasteiger partial charge in [0.2, 0.25) is 0 Å². The summed E-state index contributed by atoms with van der Waals surface area (Å²) in [5.74, 6) is -0.295. The topological polar surface area (TPSA) is 66.8 Å². The Morgan fingerprint density at radius 1 is 1.47 bits per heavy atom. The zero-order valence-corrected chi connectivity index (χ0v) is 9.35. The second-order valence-electron chi connectivity index (χ2n) is 4.62. The van der Waals surface area contributed by atoms with Crippen LogP contribution in [0.5, 0.6) is 0 Å². The van der Waals surface area contributed by atoms with Crippen LogP contribution in [0.3, 0.4) is 0 Å². The number of ether oxygens (including phenoxy) is 1. The van der Waals surface area contributed by atoms with Gasteiger partial charge in [0.05, 0.1) is 18.6 Å². The van der Waals surface area contributed by atoms with Crippen LogP contribution in [0.15, 0.2) is 0 Å². The Labute approximate surface area is 90.2 Å². The highest BCUT2D eigenvalue weighted by Gasteiger charge is 2.38. The van der Waals surface area contributed by atoms with Crippen LogP contribution in [0.25, 0.3) is 0 Å². The Kier molecular flexibility index (Phi) is 4.54. The predicted octanol–water partition coefficient (Wildman–Crippen LogP) is 0.707. The second-order valence-corrected chi connectivity index (χ2v) is 4.62. The van der Waals surface area contributed by atoms with Crippen LogP contribution in [-0.4, -0.2) is 35.0 Å². The number of hydrogen-bond acceptors (Lipinski definition) is 4. The van der Waals surface area contributed by atoms with Gasteiger partial charge in [-0.3, -0.25) is 4.79 Å². The fourth-order valence-corrected chi connectivity index (χ4v) is 1.81. The molecule has 1 saturated heterocycles. The molecule has 4 nitrogen and oxygen atoms in total. The number of esters is 1. The molecule has 1 fully saturated rings. The van der Waals surface area contributed by atoms with Crippen molar-refractivity contribution in [3.05, 3.63) is 0 Å². The molecule has 0 saturated carbocycles. The summed E-state index contributed by atoms with van der Waals surface area (Å²) in [6.45, 7) is 4.01. The molecule has 0 amide bonds. The lowest BCUT2D eigenvalue weighted by Crippen LogP contribution is -2.24. The van der Waals surface area contributed by atoms with Gasteiger partial charge in [-0.1, -0.05) is 13.8 Å². The molecule has 0 aromatic carbocycles. The van der Waals surface area contributed by atoms with E-state index in [9.17, 15) is 9.90 Å². The van der Waals surface area contributed by atoms with E-state index in [-0.39, 0.29) is 12.6 Å².